The zero-order valence-corrected chi connectivity index (χ0v) is 8.21. The summed E-state index contributed by atoms with van der Waals surface area (Å²) in [6, 6.07) is 0. The van der Waals surface area contributed by atoms with Gasteiger partial charge in [-0.1, -0.05) is 0 Å². The van der Waals surface area contributed by atoms with E-state index < -0.39 is 0 Å². The third-order valence-corrected chi connectivity index (χ3v) is 2.21. The number of carbonyl (C=O) groups excluding carboxylic acids is 1. The molecule has 13 heavy (non-hydrogen) atoms. The Morgan fingerprint density at radius 3 is 3.08 bits per heavy atom. The lowest BCUT2D eigenvalue weighted by Gasteiger charge is -2.27. The maximum atomic E-state index is 11.3. The van der Waals surface area contributed by atoms with E-state index in [1.165, 1.54) is 0 Å². The Hall–Kier alpha value is -0.610. The van der Waals surface area contributed by atoms with E-state index >= 15 is 0 Å². The van der Waals surface area contributed by atoms with Gasteiger partial charge >= 0.3 is 0 Å². The SMILES string of the molecule is COCCCCN1CCNCC1=O. The molecule has 1 aliphatic rings. The largest absolute Gasteiger partial charge is 0.385 e. The van der Waals surface area contributed by atoms with Crippen molar-refractivity contribution in [2.45, 2.75) is 12.8 Å². The van der Waals surface area contributed by atoms with Crippen LogP contribution in [0.3, 0.4) is 0 Å². The van der Waals surface area contributed by atoms with Gasteiger partial charge in [-0.05, 0) is 12.8 Å². The van der Waals surface area contributed by atoms with E-state index in [0.717, 1.165) is 39.1 Å². The first kappa shape index (κ1) is 10.5. The maximum absolute atomic E-state index is 11.3. The van der Waals surface area contributed by atoms with Gasteiger partial charge in [-0.3, -0.25) is 4.79 Å². The molecule has 0 aromatic rings. The Labute approximate surface area is 79.2 Å². The van der Waals surface area contributed by atoms with E-state index in [0.29, 0.717) is 6.54 Å². The van der Waals surface area contributed by atoms with Crippen LogP contribution in [0, 0.1) is 0 Å². The van der Waals surface area contributed by atoms with Crippen molar-refractivity contribution in [2.24, 2.45) is 0 Å². The topological polar surface area (TPSA) is 41.6 Å². The molecule has 76 valence electrons. The van der Waals surface area contributed by atoms with Gasteiger partial charge < -0.3 is 15.0 Å². The molecule has 4 nitrogen and oxygen atoms in total. The molecule has 1 aliphatic heterocycles. The molecule has 0 unspecified atom stereocenters. The molecule has 1 N–H and O–H groups in total. The molecule has 1 rings (SSSR count). The summed E-state index contributed by atoms with van der Waals surface area (Å²) in [7, 11) is 1.70. The van der Waals surface area contributed by atoms with Crippen LogP contribution in [-0.4, -0.2) is 50.7 Å². The van der Waals surface area contributed by atoms with Crippen LogP contribution < -0.4 is 5.32 Å². The van der Waals surface area contributed by atoms with Gasteiger partial charge in [-0.2, -0.15) is 0 Å². The lowest BCUT2D eigenvalue weighted by atomic mass is 10.2. The maximum Gasteiger partial charge on any atom is 0.236 e. The number of hydrogen-bond acceptors (Lipinski definition) is 3. The molecule has 0 spiro atoms. The normalized spacial score (nSPS) is 17.9. The van der Waals surface area contributed by atoms with Gasteiger partial charge in [0.2, 0.25) is 5.91 Å². The minimum absolute atomic E-state index is 0.226. The lowest BCUT2D eigenvalue weighted by molar-refractivity contribution is -0.132. The number of piperazine rings is 1. The number of nitrogens with one attached hydrogen (secondary N) is 1. The smallest absolute Gasteiger partial charge is 0.236 e. The summed E-state index contributed by atoms with van der Waals surface area (Å²) in [5.41, 5.74) is 0. The molecule has 1 heterocycles. The predicted octanol–water partition coefficient (Wildman–Crippen LogP) is -0.155. The molecule has 1 saturated heterocycles. The number of ether oxygens (including phenoxy) is 1. The zero-order valence-electron chi connectivity index (χ0n) is 8.21. The number of amides is 1. The second-order valence-corrected chi connectivity index (χ2v) is 3.26. The first-order chi connectivity index (χ1) is 6.34. The first-order valence-electron chi connectivity index (χ1n) is 4.82. The Balaban J connectivity index is 2.08. The summed E-state index contributed by atoms with van der Waals surface area (Å²) < 4.78 is 4.94. The van der Waals surface area contributed by atoms with Crippen molar-refractivity contribution in [3.8, 4) is 0 Å². The highest BCUT2D eigenvalue weighted by atomic mass is 16.5. The molecule has 1 amide bonds. The van der Waals surface area contributed by atoms with E-state index in [1.54, 1.807) is 7.11 Å². The van der Waals surface area contributed by atoms with Crippen molar-refractivity contribution >= 4 is 5.91 Å². The number of hydrogen-bond donors (Lipinski definition) is 1. The third-order valence-electron chi connectivity index (χ3n) is 2.21. The van der Waals surface area contributed by atoms with Crippen molar-refractivity contribution in [1.82, 2.24) is 10.2 Å². The quantitative estimate of drug-likeness (QED) is 0.607. The molecule has 1 fully saturated rings. The van der Waals surface area contributed by atoms with Gasteiger partial charge in [-0.25, -0.2) is 0 Å². The van der Waals surface area contributed by atoms with E-state index in [9.17, 15) is 4.79 Å². The highest BCUT2D eigenvalue weighted by Crippen LogP contribution is 1.98. The van der Waals surface area contributed by atoms with Gasteiger partial charge in [0.25, 0.3) is 0 Å². The fraction of sp³-hybridized carbons (Fsp3) is 0.889. The van der Waals surface area contributed by atoms with Gasteiger partial charge in [0, 0.05) is 33.4 Å². The lowest BCUT2D eigenvalue weighted by Crippen LogP contribution is -2.48. The minimum atomic E-state index is 0.226. The highest BCUT2D eigenvalue weighted by Gasteiger charge is 2.16. The fourth-order valence-corrected chi connectivity index (χ4v) is 1.43. The van der Waals surface area contributed by atoms with Gasteiger partial charge in [0.05, 0.1) is 6.54 Å². The second kappa shape index (κ2) is 5.94. The molecule has 0 atom stereocenters. The van der Waals surface area contributed by atoms with E-state index in [-0.39, 0.29) is 5.91 Å². The Bertz CT molecular complexity index is 162. The van der Waals surface area contributed by atoms with Crippen LogP contribution in [-0.2, 0) is 9.53 Å². The number of unbranched alkanes of at least 4 members (excludes halogenated alkanes) is 1. The average Bonchev–Trinajstić information content (AvgIpc) is 2.15. The summed E-state index contributed by atoms with van der Waals surface area (Å²) in [5.74, 6) is 0.226. The van der Waals surface area contributed by atoms with E-state index in [2.05, 4.69) is 5.32 Å². The number of methoxy groups -OCH3 is 1. The van der Waals surface area contributed by atoms with E-state index in [1.807, 2.05) is 4.90 Å². The van der Waals surface area contributed by atoms with Crippen LogP contribution in [0.5, 0.6) is 0 Å². The predicted molar refractivity (Wildman–Crippen MR) is 50.6 cm³/mol. The molecule has 0 bridgehead atoms. The molecule has 0 saturated carbocycles. The number of nitrogens with zero attached hydrogens (tertiary/aromatic N) is 1. The van der Waals surface area contributed by atoms with Gasteiger partial charge in [-0.15, -0.1) is 0 Å². The van der Waals surface area contributed by atoms with Crippen LogP contribution >= 0.6 is 0 Å². The summed E-state index contributed by atoms with van der Waals surface area (Å²) in [4.78, 5) is 13.2. The van der Waals surface area contributed by atoms with Crippen molar-refractivity contribution < 1.29 is 9.53 Å². The van der Waals surface area contributed by atoms with Crippen LogP contribution in [0.2, 0.25) is 0 Å². The number of carbonyl (C=O) groups is 1. The number of rotatable bonds is 5. The summed E-state index contributed by atoms with van der Waals surface area (Å²) >= 11 is 0. The minimum Gasteiger partial charge on any atom is -0.385 e. The average molecular weight is 186 g/mol. The molecule has 0 aromatic carbocycles. The van der Waals surface area contributed by atoms with E-state index in [4.69, 9.17) is 4.74 Å². The summed E-state index contributed by atoms with van der Waals surface area (Å²) in [6.07, 6.45) is 2.08. The standard InChI is InChI=1S/C9H18N2O2/c1-13-7-3-2-5-11-6-4-10-8-9(11)12/h10H,2-8H2,1H3. The van der Waals surface area contributed by atoms with Gasteiger partial charge in [0.1, 0.15) is 0 Å². The fourth-order valence-electron chi connectivity index (χ4n) is 1.43. The van der Waals surface area contributed by atoms with Crippen LogP contribution in [0.25, 0.3) is 0 Å². The molecule has 0 aliphatic carbocycles. The summed E-state index contributed by atoms with van der Waals surface area (Å²) in [5, 5.41) is 3.05. The highest BCUT2D eigenvalue weighted by molar-refractivity contribution is 5.78. The molecule has 0 radical (unpaired) electrons. The van der Waals surface area contributed by atoms with Crippen molar-refractivity contribution in [2.75, 3.05) is 39.9 Å². The van der Waals surface area contributed by atoms with Crippen molar-refractivity contribution in [3.05, 3.63) is 0 Å². The molecular weight excluding hydrogens is 168 g/mol. The second-order valence-electron chi connectivity index (χ2n) is 3.26. The van der Waals surface area contributed by atoms with Crippen molar-refractivity contribution in [3.63, 3.8) is 0 Å². The Morgan fingerprint density at radius 1 is 1.54 bits per heavy atom. The zero-order chi connectivity index (χ0) is 9.52. The summed E-state index contributed by atoms with van der Waals surface area (Å²) in [6.45, 7) is 3.95. The Kier molecular flexibility index (Phi) is 4.78. The van der Waals surface area contributed by atoms with Gasteiger partial charge in [0.15, 0.2) is 0 Å². The van der Waals surface area contributed by atoms with Crippen LogP contribution in [0.15, 0.2) is 0 Å². The third kappa shape index (κ3) is 3.74. The monoisotopic (exact) mass is 186 g/mol. The first-order valence-corrected chi connectivity index (χ1v) is 4.82. The van der Waals surface area contributed by atoms with Crippen LogP contribution in [0.4, 0.5) is 0 Å². The molecule has 0 aromatic heterocycles. The van der Waals surface area contributed by atoms with Crippen LogP contribution in [0.1, 0.15) is 12.8 Å². The molecular formula is C9H18N2O2. The molecule has 4 heteroatoms. The Morgan fingerprint density at radius 2 is 2.38 bits per heavy atom. The van der Waals surface area contributed by atoms with Crippen molar-refractivity contribution in [1.29, 1.82) is 0 Å².